The maximum absolute atomic E-state index is 10.8. The van der Waals surface area contributed by atoms with Crippen LogP contribution < -0.4 is 5.11 Å². The third-order valence-electron chi connectivity index (χ3n) is 6.85. The molecule has 22 heteroatoms. The summed E-state index contributed by atoms with van der Waals surface area (Å²) in [5.41, 5.74) is 2.26. The summed E-state index contributed by atoms with van der Waals surface area (Å²) in [6.07, 6.45) is 10.6. The van der Waals surface area contributed by atoms with Crippen LogP contribution in [0.2, 0.25) is 0 Å². The molecule has 324 valence electrons. The van der Waals surface area contributed by atoms with Gasteiger partial charge in [0, 0.05) is 42.7 Å². The van der Waals surface area contributed by atoms with E-state index in [4.69, 9.17) is 10.2 Å². The van der Waals surface area contributed by atoms with Crippen molar-refractivity contribution >= 4 is 28.0 Å². The fraction of sp³-hybridized carbons (Fsp3) is 0. The molecule has 0 aliphatic heterocycles. The summed E-state index contributed by atoms with van der Waals surface area (Å²) < 4.78 is 32.5. The first-order valence-electron chi connectivity index (χ1n) is 15.7. The fourth-order valence-corrected chi connectivity index (χ4v) is 5.06. The van der Waals surface area contributed by atoms with Crippen LogP contribution in [0, 0.1) is 0 Å². The Bertz CT molecular complexity index is 2140. The number of hydrogen-bond donors (Lipinski definition) is 2. The van der Waals surface area contributed by atoms with Crippen LogP contribution in [0.3, 0.4) is 0 Å². The quantitative estimate of drug-likeness (QED) is 0.164. The topological polar surface area (TPSA) is 407 Å². The zero-order valence-electron chi connectivity index (χ0n) is 31.2. The molecule has 6 heterocycles. The fourth-order valence-electron chi connectivity index (χ4n) is 4.39. The molecule has 6 aromatic heterocycles. The van der Waals surface area contributed by atoms with E-state index in [-0.39, 0.29) is 56.0 Å². The number of aromatic nitrogens is 6. The number of pyridine rings is 6. The molecule has 0 spiro atoms. The molecule has 61 heavy (non-hydrogen) atoms. The number of aromatic carboxylic acids is 3. The average Bonchev–Trinajstić information content (AvgIpc) is 3.22. The first-order chi connectivity index (χ1) is 26.5. The van der Waals surface area contributed by atoms with Gasteiger partial charge in [-0.1, -0.05) is 36.4 Å². The average molecular weight is 906 g/mol. The normalized spacial score (nSPS) is 9.13. The number of benzene rings is 1. The Hall–Kier alpha value is -7.27. The van der Waals surface area contributed by atoms with Crippen LogP contribution in [-0.4, -0.2) is 98.4 Å². The van der Waals surface area contributed by atoms with Crippen molar-refractivity contribution in [3.63, 3.8) is 0 Å². The number of rotatable bonds is 7. The number of hydrogen-bond acceptors (Lipinski definition) is 13. The summed E-state index contributed by atoms with van der Waals surface area (Å²) >= 11 is 0. The summed E-state index contributed by atoms with van der Waals surface area (Å²) in [6.45, 7) is 0. The minimum absolute atomic E-state index is 0. The first kappa shape index (κ1) is 58.1. The minimum Gasteiger partial charge on any atom is -0.744 e. The van der Waals surface area contributed by atoms with Gasteiger partial charge in [-0.3, -0.25) is 29.9 Å². The standard InChI is InChI=1S/3C10H8N2.C9H6O9S.Ni.5H2O/c3*1-3-7-11-9(5-1)10-6-2-4-8-12-10;10-7(11)3-1-5(9(14)15)6(19(16,17)18)2-4(3)8(12)13;;;;;;/h3*1-8H;1-2H,(H,10,11)(H,12,13)(H,14,15)(H,16,17,18);;5*1H2/q;;;;+2;;;;;/p-2. The second kappa shape index (κ2) is 29.0. The molecule has 0 bridgehead atoms. The van der Waals surface area contributed by atoms with Gasteiger partial charge in [0.1, 0.15) is 10.1 Å². The molecule has 0 amide bonds. The van der Waals surface area contributed by atoms with E-state index in [9.17, 15) is 32.5 Å². The van der Waals surface area contributed by atoms with E-state index < -0.39 is 49.6 Å². The minimum atomic E-state index is -5.29. The number of nitrogens with zero attached hydrogens (tertiary/aromatic N) is 6. The van der Waals surface area contributed by atoms with Crippen LogP contribution in [0.15, 0.2) is 163 Å². The molecule has 0 fully saturated rings. The van der Waals surface area contributed by atoms with Gasteiger partial charge in [0.2, 0.25) is 0 Å². The van der Waals surface area contributed by atoms with Crippen molar-refractivity contribution in [2.24, 2.45) is 0 Å². The Morgan fingerprint density at radius 2 is 0.672 bits per heavy atom. The summed E-state index contributed by atoms with van der Waals surface area (Å²) in [6, 6.07) is 35.2. The Labute approximate surface area is 357 Å². The molecule has 0 saturated heterocycles. The maximum atomic E-state index is 10.8. The predicted octanol–water partition coefficient (Wildman–Crippen LogP) is 0.655. The van der Waals surface area contributed by atoms with Gasteiger partial charge in [0.05, 0.1) is 56.2 Å². The summed E-state index contributed by atoms with van der Waals surface area (Å²) in [4.78, 5) is 56.0. The third kappa shape index (κ3) is 18.0. The van der Waals surface area contributed by atoms with Crippen molar-refractivity contribution < 1.29 is 86.5 Å². The molecule has 20 nitrogen and oxygen atoms in total. The van der Waals surface area contributed by atoms with Gasteiger partial charge < -0.3 is 52.0 Å². The Morgan fingerprint density at radius 1 is 0.426 bits per heavy atom. The van der Waals surface area contributed by atoms with Gasteiger partial charge in [-0.05, 0) is 84.9 Å². The number of carbonyl (C=O) groups is 3. The Morgan fingerprint density at radius 3 is 0.836 bits per heavy atom. The summed E-state index contributed by atoms with van der Waals surface area (Å²) in [5.74, 6) is -5.75. The van der Waals surface area contributed by atoms with Crippen LogP contribution >= 0.6 is 0 Å². The van der Waals surface area contributed by atoms with Crippen LogP contribution in [0.5, 0.6) is 0 Å². The van der Waals surface area contributed by atoms with E-state index in [1.54, 1.807) is 37.2 Å². The second-order valence-electron chi connectivity index (χ2n) is 10.5. The van der Waals surface area contributed by atoms with E-state index in [1.165, 1.54) is 0 Å². The SMILES string of the molecule is O.O.O.O.O.O=C([O-])c1cc(S(=O)(=O)[O-])c(C(=O)O)cc1C(=O)O.[Ni+2].c1ccc(-c2ccccn2)nc1.c1ccc(-c2ccccn2)nc1.c1ccc(-c2ccccn2)nc1. The smallest absolute Gasteiger partial charge is 0.744 e. The predicted molar refractivity (Wildman–Crippen MR) is 213 cm³/mol. The zero-order chi connectivity index (χ0) is 39.6. The van der Waals surface area contributed by atoms with Crippen molar-refractivity contribution in [3.05, 3.63) is 175 Å². The molecule has 0 atom stereocenters. The van der Waals surface area contributed by atoms with E-state index in [0.717, 1.165) is 34.2 Å². The largest absolute Gasteiger partial charge is 2.00 e. The van der Waals surface area contributed by atoms with E-state index in [0.29, 0.717) is 0 Å². The molecule has 7 rings (SSSR count). The van der Waals surface area contributed by atoms with Crippen LogP contribution in [0.1, 0.15) is 31.1 Å². The van der Waals surface area contributed by atoms with Crippen molar-refractivity contribution in [1.29, 1.82) is 0 Å². The molecule has 12 N–H and O–H groups in total. The first-order valence-corrected chi connectivity index (χ1v) is 17.2. The van der Waals surface area contributed by atoms with Gasteiger partial charge in [0.25, 0.3) is 0 Å². The van der Waals surface area contributed by atoms with E-state index in [2.05, 4.69) is 29.9 Å². The van der Waals surface area contributed by atoms with Crippen LogP contribution in [0.25, 0.3) is 34.2 Å². The summed E-state index contributed by atoms with van der Waals surface area (Å²) in [5, 5.41) is 28.1. The molecule has 7 aromatic rings. The maximum Gasteiger partial charge on any atom is 2.00 e. The molecular formula is C39H38N6NiO14S. The van der Waals surface area contributed by atoms with Gasteiger partial charge in [0.15, 0.2) is 0 Å². The molecule has 0 aliphatic carbocycles. The van der Waals surface area contributed by atoms with Crippen molar-refractivity contribution in [1.82, 2.24) is 29.9 Å². The van der Waals surface area contributed by atoms with Gasteiger partial charge in [-0.25, -0.2) is 18.0 Å². The van der Waals surface area contributed by atoms with Crippen molar-refractivity contribution in [3.8, 4) is 34.2 Å². The summed E-state index contributed by atoms with van der Waals surface area (Å²) in [7, 11) is -5.29. The zero-order valence-corrected chi connectivity index (χ0v) is 33.0. The monoisotopic (exact) mass is 904 g/mol. The molecule has 0 aliphatic rings. The number of carbonyl (C=O) groups excluding carboxylic acids is 1. The number of carboxylic acids is 3. The van der Waals surface area contributed by atoms with Gasteiger partial charge in [-0.15, -0.1) is 0 Å². The molecule has 1 aromatic carbocycles. The molecular weight excluding hydrogens is 867 g/mol. The van der Waals surface area contributed by atoms with Gasteiger partial charge >= 0.3 is 28.4 Å². The Balaban J connectivity index is -0.000000724. The van der Waals surface area contributed by atoms with Crippen molar-refractivity contribution in [2.45, 2.75) is 4.90 Å². The van der Waals surface area contributed by atoms with Crippen LogP contribution in [-0.2, 0) is 26.6 Å². The molecule has 0 radical (unpaired) electrons. The second-order valence-corrected chi connectivity index (χ2v) is 11.9. The van der Waals surface area contributed by atoms with E-state index in [1.807, 2.05) is 109 Å². The van der Waals surface area contributed by atoms with Gasteiger partial charge in [-0.2, -0.15) is 0 Å². The van der Waals surface area contributed by atoms with E-state index >= 15 is 0 Å². The Kier molecular flexibility index (Phi) is 27.6. The molecule has 0 unspecified atom stereocenters. The number of carboxylic acid groups (broad SMARTS) is 3. The van der Waals surface area contributed by atoms with Crippen molar-refractivity contribution in [2.75, 3.05) is 0 Å². The third-order valence-corrected chi connectivity index (χ3v) is 7.72. The van der Waals surface area contributed by atoms with Crippen LogP contribution in [0.4, 0.5) is 0 Å². The molecule has 0 saturated carbocycles.